The first-order chi connectivity index (χ1) is 32.9. The molecule has 0 N–H and O–H groups in total. The summed E-state index contributed by atoms with van der Waals surface area (Å²) in [4.78, 5) is 0. The molecule has 420 valence electrons. The second-order valence-corrected chi connectivity index (χ2v) is 40.8. The average molecular weight is 1060 g/mol. The second kappa shape index (κ2) is 20.1. The van der Waals surface area contributed by atoms with Crippen LogP contribution in [0.15, 0.2) is 48.5 Å². The molecule has 0 bridgehead atoms. The van der Waals surface area contributed by atoms with E-state index in [-0.39, 0.29) is 65.0 Å². The Morgan fingerprint density at radius 1 is 0.187 bits per heavy atom. The van der Waals surface area contributed by atoms with Gasteiger partial charge in [-0.1, -0.05) is 298 Å². The Kier molecular flexibility index (Phi) is 17.4. The smallest absolute Gasteiger partial charge is 0.229 e. The lowest BCUT2D eigenvalue weighted by Gasteiger charge is -2.44. The first kappa shape index (κ1) is 64.8. The van der Waals surface area contributed by atoms with Crippen LogP contribution in [0, 0.1) is 0 Å². The maximum Gasteiger partial charge on any atom is 0.229 e. The molecule has 0 amide bonds. The van der Waals surface area contributed by atoms with E-state index < -0.39 is 18.1 Å². The van der Waals surface area contributed by atoms with Crippen LogP contribution in [0.3, 0.4) is 0 Å². The van der Waals surface area contributed by atoms with Gasteiger partial charge in [-0.05, 0) is 152 Å². The summed E-state index contributed by atoms with van der Waals surface area (Å²) < 4.78 is 9.19. The van der Waals surface area contributed by atoms with Gasteiger partial charge in [0.1, 0.15) is 0 Å². The standard InChI is InChI=1S/C72H118OSi2/c1-61(2,3)45-37-41-49(57(69(25,26)27)53(45)65(13,14)15)74(50-42-38-46(62(4,5)6)54(66(16,17)18)58(50)70(28,29)30)73-75(51-43-39-47(63(7,8)9)55(67(19,20)21)59(51)71(31,32)33)52-44-40-48(64(10,11)12)56(68(22,23)24)60(52)72(34,35)36/h37-44,74-75H,1-36H3. The van der Waals surface area contributed by atoms with Crippen molar-refractivity contribution in [2.45, 2.75) is 314 Å². The molecule has 0 heterocycles. The van der Waals surface area contributed by atoms with E-state index in [1.54, 1.807) is 0 Å². The van der Waals surface area contributed by atoms with Gasteiger partial charge in [0.15, 0.2) is 0 Å². The van der Waals surface area contributed by atoms with Crippen molar-refractivity contribution in [3.8, 4) is 0 Å². The molecular weight excluding hydrogens is 937 g/mol. The van der Waals surface area contributed by atoms with Crippen LogP contribution >= 0.6 is 0 Å². The first-order valence-electron chi connectivity index (χ1n) is 29.3. The maximum atomic E-state index is 9.19. The molecular formula is C72H118OSi2. The molecule has 0 aliphatic heterocycles. The number of hydrogen-bond donors (Lipinski definition) is 0. The molecule has 0 saturated carbocycles. The van der Waals surface area contributed by atoms with Crippen molar-refractivity contribution in [2.75, 3.05) is 0 Å². The van der Waals surface area contributed by atoms with E-state index in [9.17, 15) is 4.12 Å². The van der Waals surface area contributed by atoms with E-state index in [2.05, 4.69) is 298 Å². The summed E-state index contributed by atoms with van der Waals surface area (Å²) in [7, 11) is -5.54. The molecule has 0 saturated heterocycles. The van der Waals surface area contributed by atoms with Gasteiger partial charge in [0, 0.05) is 0 Å². The summed E-state index contributed by atoms with van der Waals surface area (Å²) in [5, 5.41) is 5.80. The molecule has 0 spiro atoms. The predicted octanol–water partition coefficient (Wildman–Crippen LogP) is 17.6. The Bertz CT molecular complexity index is 2330. The molecule has 3 heteroatoms. The zero-order chi connectivity index (χ0) is 58.8. The van der Waals surface area contributed by atoms with Gasteiger partial charge >= 0.3 is 0 Å². The van der Waals surface area contributed by atoms with E-state index in [0.29, 0.717) is 0 Å². The molecule has 0 radical (unpaired) electrons. The lowest BCUT2D eigenvalue weighted by atomic mass is 9.68. The highest BCUT2D eigenvalue weighted by molar-refractivity contribution is 6.92. The molecule has 0 fully saturated rings. The van der Waals surface area contributed by atoms with Crippen LogP contribution in [0.4, 0.5) is 0 Å². The topological polar surface area (TPSA) is 9.23 Å². The maximum absolute atomic E-state index is 9.19. The van der Waals surface area contributed by atoms with Crippen molar-refractivity contribution < 1.29 is 4.12 Å². The minimum atomic E-state index is -2.77. The molecule has 0 aliphatic rings. The van der Waals surface area contributed by atoms with Gasteiger partial charge in [-0.15, -0.1) is 0 Å². The fourth-order valence-corrected chi connectivity index (χ4v) is 21.5. The van der Waals surface area contributed by atoms with Crippen molar-refractivity contribution in [3.05, 3.63) is 115 Å². The quantitative estimate of drug-likeness (QED) is 0.175. The summed E-state index contributed by atoms with van der Waals surface area (Å²) in [6, 6.07) is 20.6. The van der Waals surface area contributed by atoms with E-state index in [4.69, 9.17) is 0 Å². The first-order valence-corrected chi connectivity index (χ1v) is 32.5. The highest BCUT2D eigenvalue weighted by atomic mass is 28.4. The van der Waals surface area contributed by atoms with Crippen molar-refractivity contribution in [1.29, 1.82) is 0 Å². The molecule has 75 heavy (non-hydrogen) atoms. The van der Waals surface area contributed by atoms with Crippen molar-refractivity contribution in [3.63, 3.8) is 0 Å². The normalized spacial score (nSPS) is 14.7. The Hall–Kier alpha value is -2.73. The van der Waals surface area contributed by atoms with Gasteiger partial charge in [-0.25, -0.2) is 0 Å². The number of hydrogen-bond acceptors (Lipinski definition) is 1. The van der Waals surface area contributed by atoms with Gasteiger partial charge in [0.05, 0.1) is 0 Å². The van der Waals surface area contributed by atoms with Crippen molar-refractivity contribution >= 4 is 38.8 Å². The molecule has 1 nitrogen and oxygen atoms in total. The molecule has 0 atom stereocenters. The highest BCUT2D eigenvalue weighted by Crippen LogP contribution is 2.46. The van der Waals surface area contributed by atoms with E-state index >= 15 is 0 Å². The molecule has 4 aromatic rings. The fourth-order valence-electron chi connectivity index (χ4n) is 13.0. The van der Waals surface area contributed by atoms with E-state index in [1.807, 2.05) is 0 Å². The minimum Gasteiger partial charge on any atom is -0.446 e. The Balaban J connectivity index is 2.68. The predicted molar refractivity (Wildman–Crippen MR) is 344 cm³/mol. The van der Waals surface area contributed by atoms with Gasteiger partial charge in [0.25, 0.3) is 0 Å². The van der Waals surface area contributed by atoms with Crippen LogP contribution in [-0.2, 0) is 69.1 Å². The van der Waals surface area contributed by atoms with Gasteiger partial charge in [-0.3, -0.25) is 0 Å². The molecule has 0 unspecified atom stereocenters. The molecule has 4 aromatic carbocycles. The van der Waals surface area contributed by atoms with E-state index in [0.717, 1.165) is 0 Å². The van der Waals surface area contributed by atoms with Crippen LogP contribution < -0.4 is 20.7 Å². The molecule has 4 rings (SSSR count). The summed E-state index contributed by atoms with van der Waals surface area (Å²) in [6.45, 7) is 88.4. The number of benzene rings is 4. The van der Waals surface area contributed by atoms with Gasteiger partial charge in [-0.2, -0.15) is 0 Å². The van der Waals surface area contributed by atoms with E-state index in [1.165, 1.54) is 87.5 Å². The third-order valence-corrected chi connectivity index (χ3v) is 21.9. The monoisotopic (exact) mass is 1050 g/mol. The Morgan fingerprint density at radius 2 is 0.320 bits per heavy atom. The lowest BCUT2D eigenvalue weighted by molar-refractivity contribution is 0.495. The third-order valence-electron chi connectivity index (χ3n) is 15.6. The average Bonchev–Trinajstić information content (AvgIpc) is 3.15. The highest BCUT2D eigenvalue weighted by Gasteiger charge is 2.45. The SMILES string of the molecule is CC(C)(C)c1ccc([SiH](O[SiH](c2ccc(C(C)(C)C)c(C(C)(C)C)c2C(C)(C)C)c2ccc(C(C)(C)C)c(C(C)(C)C)c2C(C)(C)C)c2ccc(C(C)(C)C)c(C(C)(C)C)c2C(C)(C)C)c(C(C)(C)C)c1C(C)(C)C. The number of rotatable bonds is 6. The van der Waals surface area contributed by atoms with Crippen molar-refractivity contribution in [2.24, 2.45) is 0 Å². The van der Waals surface area contributed by atoms with Crippen molar-refractivity contribution in [1.82, 2.24) is 0 Å². The minimum absolute atomic E-state index is 0.0554. The third kappa shape index (κ3) is 13.8. The molecule has 0 aliphatic carbocycles. The van der Waals surface area contributed by atoms with Crippen LogP contribution in [0.25, 0.3) is 0 Å². The van der Waals surface area contributed by atoms with Crippen LogP contribution in [0.2, 0.25) is 0 Å². The zero-order valence-corrected chi connectivity index (χ0v) is 58.5. The summed E-state index contributed by atoms with van der Waals surface area (Å²) in [5.41, 5.74) is 16.3. The molecule has 0 aromatic heterocycles. The summed E-state index contributed by atoms with van der Waals surface area (Å²) in [6.07, 6.45) is 0. The lowest BCUT2D eigenvalue weighted by Crippen LogP contribution is -2.61. The van der Waals surface area contributed by atoms with Gasteiger partial charge < -0.3 is 4.12 Å². The Morgan fingerprint density at radius 3 is 0.427 bits per heavy atom. The second-order valence-electron chi connectivity index (χ2n) is 35.7. The fraction of sp³-hybridized carbons (Fsp3) is 0.667. The van der Waals surface area contributed by atoms with Crippen LogP contribution in [0.5, 0.6) is 0 Å². The van der Waals surface area contributed by atoms with Crippen LogP contribution in [0.1, 0.15) is 316 Å². The largest absolute Gasteiger partial charge is 0.446 e. The zero-order valence-electron chi connectivity index (χ0n) is 56.2. The summed E-state index contributed by atoms with van der Waals surface area (Å²) >= 11 is 0. The van der Waals surface area contributed by atoms with Gasteiger partial charge in [0.2, 0.25) is 18.1 Å². The van der Waals surface area contributed by atoms with Crippen LogP contribution in [-0.4, -0.2) is 18.1 Å². The Labute approximate surface area is 469 Å². The summed E-state index contributed by atoms with van der Waals surface area (Å²) in [5.74, 6) is 0.